The van der Waals surface area contributed by atoms with Crippen molar-refractivity contribution in [3.63, 3.8) is 0 Å². The van der Waals surface area contributed by atoms with Gasteiger partial charge in [-0.25, -0.2) is 4.79 Å². The van der Waals surface area contributed by atoms with Gasteiger partial charge in [0, 0.05) is 6.54 Å². The molecule has 0 atom stereocenters. The second-order valence-electron chi connectivity index (χ2n) is 5.07. The number of nitrogens with zero attached hydrogens (tertiary/aromatic N) is 1. The highest BCUT2D eigenvalue weighted by molar-refractivity contribution is 6.19. The van der Waals surface area contributed by atoms with E-state index in [9.17, 15) is 14.4 Å². The van der Waals surface area contributed by atoms with E-state index in [0.717, 1.165) is 25.7 Å². The maximum absolute atomic E-state index is 12.4. The maximum atomic E-state index is 12.4. The monoisotopic (exact) mass is 268 g/mol. The number of amides is 4. The summed E-state index contributed by atoms with van der Waals surface area (Å²) in [7, 11) is 0. The standard InChI is InChI=1S/C14H24N2O3/c1-4-7-8-9-10-16-12(18)14(5-2,6-3)11(17)15-13(16)19/h4-10H2,1-3H3,(H,15,17,19). The van der Waals surface area contributed by atoms with Gasteiger partial charge in [0.2, 0.25) is 11.8 Å². The summed E-state index contributed by atoms with van der Waals surface area (Å²) in [6, 6.07) is -0.566. The number of nitrogens with one attached hydrogen (secondary N) is 1. The molecule has 1 saturated heterocycles. The number of carbonyl (C=O) groups is 3. The molecule has 0 unspecified atom stereocenters. The van der Waals surface area contributed by atoms with E-state index >= 15 is 0 Å². The van der Waals surface area contributed by atoms with E-state index in [4.69, 9.17) is 0 Å². The molecular weight excluding hydrogens is 244 g/mol. The van der Waals surface area contributed by atoms with E-state index in [2.05, 4.69) is 12.2 Å². The van der Waals surface area contributed by atoms with Gasteiger partial charge in [-0.1, -0.05) is 40.0 Å². The number of hydrogen-bond donors (Lipinski definition) is 1. The predicted octanol–water partition coefficient (Wildman–Crippen LogP) is 2.45. The molecule has 108 valence electrons. The number of hydrogen-bond acceptors (Lipinski definition) is 3. The Morgan fingerprint density at radius 2 is 1.63 bits per heavy atom. The van der Waals surface area contributed by atoms with E-state index in [0.29, 0.717) is 19.4 Å². The molecule has 5 nitrogen and oxygen atoms in total. The van der Waals surface area contributed by atoms with Crippen LogP contribution in [0.15, 0.2) is 0 Å². The smallest absolute Gasteiger partial charge is 0.277 e. The van der Waals surface area contributed by atoms with E-state index in [1.807, 2.05) is 13.8 Å². The minimum atomic E-state index is -1.06. The molecule has 0 saturated carbocycles. The molecule has 0 radical (unpaired) electrons. The van der Waals surface area contributed by atoms with Crippen molar-refractivity contribution in [2.75, 3.05) is 6.54 Å². The summed E-state index contributed by atoms with van der Waals surface area (Å²) in [5, 5.41) is 2.32. The first-order valence-electron chi connectivity index (χ1n) is 7.20. The van der Waals surface area contributed by atoms with Gasteiger partial charge in [-0.2, -0.15) is 0 Å². The average Bonchev–Trinajstić information content (AvgIpc) is 2.39. The minimum Gasteiger partial charge on any atom is -0.277 e. The first kappa shape index (κ1) is 15.7. The van der Waals surface area contributed by atoms with Crippen LogP contribution in [-0.4, -0.2) is 29.3 Å². The number of unbranched alkanes of at least 4 members (excludes halogenated alkanes) is 3. The third kappa shape index (κ3) is 2.96. The number of imide groups is 2. The molecule has 1 heterocycles. The second kappa shape index (κ2) is 6.68. The first-order valence-corrected chi connectivity index (χ1v) is 7.20. The zero-order valence-corrected chi connectivity index (χ0v) is 12.1. The molecule has 1 N–H and O–H groups in total. The molecule has 1 aliphatic heterocycles. The van der Waals surface area contributed by atoms with Gasteiger partial charge in [-0.3, -0.25) is 19.8 Å². The third-order valence-corrected chi connectivity index (χ3v) is 4.00. The zero-order chi connectivity index (χ0) is 14.5. The highest BCUT2D eigenvalue weighted by Gasteiger charge is 2.51. The third-order valence-electron chi connectivity index (χ3n) is 4.00. The number of rotatable bonds is 7. The quantitative estimate of drug-likeness (QED) is 0.569. The molecule has 1 rings (SSSR count). The van der Waals surface area contributed by atoms with Crippen LogP contribution in [0.3, 0.4) is 0 Å². The highest BCUT2D eigenvalue weighted by atomic mass is 16.2. The summed E-state index contributed by atoms with van der Waals surface area (Å²) in [6.07, 6.45) is 4.83. The lowest BCUT2D eigenvalue weighted by molar-refractivity contribution is -0.152. The van der Waals surface area contributed by atoms with Crippen molar-refractivity contribution >= 4 is 17.8 Å². The van der Waals surface area contributed by atoms with Crippen molar-refractivity contribution in [1.29, 1.82) is 0 Å². The largest absolute Gasteiger partial charge is 0.330 e. The van der Waals surface area contributed by atoms with Crippen molar-refractivity contribution in [3.8, 4) is 0 Å². The van der Waals surface area contributed by atoms with Crippen molar-refractivity contribution < 1.29 is 14.4 Å². The Balaban J connectivity index is 2.78. The lowest BCUT2D eigenvalue weighted by Crippen LogP contribution is -2.63. The van der Waals surface area contributed by atoms with Crippen LogP contribution >= 0.6 is 0 Å². The van der Waals surface area contributed by atoms with Crippen molar-refractivity contribution in [3.05, 3.63) is 0 Å². The zero-order valence-electron chi connectivity index (χ0n) is 12.1. The fourth-order valence-electron chi connectivity index (χ4n) is 2.51. The summed E-state index contributed by atoms with van der Waals surface area (Å²) < 4.78 is 0. The Hall–Kier alpha value is -1.39. The molecule has 5 heteroatoms. The topological polar surface area (TPSA) is 66.5 Å². The Labute approximate surface area is 114 Å². The number of barbiturate groups is 1. The molecule has 19 heavy (non-hydrogen) atoms. The van der Waals surface area contributed by atoms with Crippen LogP contribution in [0.2, 0.25) is 0 Å². The Kier molecular flexibility index (Phi) is 5.51. The van der Waals surface area contributed by atoms with Crippen LogP contribution in [0.4, 0.5) is 4.79 Å². The van der Waals surface area contributed by atoms with Crippen LogP contribution in [0.5, 0.6) is 0 Å². The fourth-order valence-corrected chi connectivity index (χ4v) is 2.51. The van der Waals surface area contributed by atoms with Crippen LogP contribution < -0.4 is 5.32 Å². The number of urea groups is 1. The summed E-state index contributed by atoms with van der Waals surface area (Å²) in [6.45, 7) is 6.13. The summed E-state index contributed by atoms with van der Waals surface area (Å²) in [4.78, 5) is 37.4. The molecule has 1 fully saturated rings. The molecule has 0 aromatic carbocycles. The van der Waals surface area contributed by atoms with Crippen LogP contribution in [0.1, 0.15) is 59.3 Å². The molecule has 0 aromatic rings. The van der Waals surface area contributed by atoms with E-state index < -0.39 is 17.4 Å². The van der Waals surface area contributed by atoms with Crippen molar-refractivity contribution in [2.45, 2.75) is 59.3 Å². The number of carbonyl (C=O) groups excluding carboxylic acids is 3. The molecule has 0 aromatic heterocycles. The predicted molar refractivity (Wildman–Crippen MR) is 72.4 cm³/mol. The van der Waals surface area contributed by atoms with E-state index in [1.165, 1.54) is 4.90 Å². The SMILES string of the molecule is CCCCCCN1C(=O)NC(=O)C(CC)(CC)C1=O. The molecule has 4 amide bonds. The lowest BCUT2D eigenvalue weighted by atomic mass is 9.78. The van der Waals surface area contributed by atoms with Gasteiger partial charge in [0.15, 0.2) is 0 Å². The van der Waals surface area contributed by atoms with Crippen LogP contribution in [0, 0.1) is 5.41 Å². The van der Waals surface area contributed by atoms with Gasteiger partial charge in [-0.05, 0) is 19.3 Å². The van der Waals surface area contributed by atoms with Crippen molar-refractivity contribution in [1.82, 2.24) is 10.2 Å². The fraction of sp³-hybridized carbons (Fsp3) is 0.786. The second-order valence-corrected chi connectivity index (χ2v) is 5.07. The van der Waals surface area contributed by atoms with Gasteiger partial charge >= 0.3 is 6.03 Å². The van der Waals surface area contributed by atoms with Gasteiger partial charge in [0.25, 0.3) is 0 Å². The highest BCUT2D eigenvalue weighted by Crippen LogP contribution is 2.32. The summed E-state index contributed by atoms with van der Waals surface area (Å²) in [5.41, 5.74) is -1.06. The molecule has 0 spiro atoms. The summed E-state index contributed by atoms with van der Waals surface area (Å²) in [5.74, 6) is -0.778. The first-order chi connectivity index (χ1) is 9.03. The van der Waals surface area contributed by atoms with E-state index in [1.54, 1.807) is 0 Å². The van der Waals surface area contributed by atoms with Crippen LogP contribution in [-0.2, 0) is 9.59 Å². The van der Waals surface area contributed by atoms with Gasteiger partial charge in [0.05, 0.1) is 0 Å². The average molecular weight is 268 g/mol. The molecule has 0 aliphatic carbocycles. The molecular formula is C14H24N2O3. The molecule has 1 aliphatic rings. The normalized spacial score (nSPS) is 18.7. The van der Waals surface area contributed by atoms with E-state index in [-0.39, 0.29) is 5.91 Å². The van der Waals surface area contributed by atoms with Gasteiger partial charge < -0.3 is 0 Å². The minimum absolute atomic E-state index is 0.331. The Morgan fingerprint density at radius 3 is 2.16 bits per heavy atom. The summed E-state index contributed by atoms with van der Waals surface area (Å²) >= 11 is 0. The lowest BCUT2D eigenvalue weighted by Gasteiger charge is -2.38. The maximum Gasteiger partial charge on any atom is 0.330 e. The van der Waals surface area contributed by atoms with Gasteiger partial charge in [0.1, 0.15) is 5.41 Å². The molecule has 0 bridgehead atoms. The Bertz CT molecular complexity index is 362. The van der Waals surface area contributed by atoms with Crippen LogP contribution in [0.25, 0.3) is 0 Å². The van der Waals surface area contributed by atoms with Crippen molar-refractivity contribution in [2.24, 2.45) is 5.41 Å². The van der Waals surface area contributed by atoms with Gasteiger partial charge in [-0.15, -0.1) is 0 Å². The Morgan fingerprint density at radius 1 is 1.00 bits per heavy atom.